The van der Waals surface area contributed by atoms with Gasteiger partial charge in [0.15, 0.2) is 0 Å². The molecular formula is C17H27NO2S. The first kappa shape index (κ1) is 18.1. The van der Waals surface area contributed by atoms with Gasteiger partial charge in [0.2, 0.25) is 5.91 Å². The Morgan fingerprint density at radius 1 is 1.33 bits per heavy atom. The summed E-state index contributed by atoms with van der Waals surface area (Å²) < 4.78 is 0. The van der Waals surface area contributed by atoms with E-state index in [1.807, 2.05) is 18.2 Å². The Morgan fingerprint density at radius 2 is 2.00 bits per heavy atom. The molecule has 1 aromatic rings. The van der Waals surface area contributed by atoms with E-state index in [1.165, 1.54) is 4.90 Å². The molecule has 0 fully saturated rings. The monoisotopic (exact) mass is 309 g/mol. The van der Waals surface area contributed by atoms with E-state index < -0.39 is 5.60 Å². The van der Waals surface area contributed by atoms with Crippen LogP contribution < -0.4 is 5.32 Å². The number of amides is 1. The Morgan fingerprint density at radius 3 is 2.62 bits per heavy atom. The molecule has 1 rings (SSSR count). The average Bonchev–Trinajstić information content (AvgIpc) is 2.41. The number of rotatable bonds is 9. The second-order valence-electron chi connectivity index (χ2n) is 6.14. The highest BCUT2D eigenvalue weighted by Gasteiger charge is 2.22. The van der Waals surface area contributed by atoms with Crippen LogP contribution in [0.1, 0.15) is 40.0 Å². The normalized spacial score (nSPS) is 14.0. The molecule has 2 N–H and O–H groups in total. The lowest BCUT2D eigenvalue weighted by atomic mass is 9.94. The van der Waals surface area contributed by atoms with Crippen molar-refractivity contribution in [3.8, 4) is 0 Å². The highest BCUT2D eigenvalue weighted by Crippen LogP contribution is 2.18. The van der Waals surface area contributed by atoms with Crippen LogP contribution in [0.5, 0.6) is 0 Å². The second-order valence-corrected chi connectivity index (χ2v) is 7.31. The first-order valence-electron chi connectivity index (χ1n) is 7.56. The predicted octanol–water partition coefficient (Wildman–Crippen LogP) is 3.47. The van der Waals surface area contributed by atoms with Crippen molar-refractivity contribution >= 4 is 17.7 Å². The van der Waals surface area contributed by atoms with Gasteiger partial charge < -0.3 is 10.4 Å². The summed E-state index contributed by atoms with van der Waals surface area (Å²) in [5, 5.41) is 13.0. The molecule has 1 atom stereocenters. The van der Waals surface area contributed by atoms with Gasteiger partial charge in [0.1, 0.15) is 0 Å². The Hall–Kier alpha value is -1.00. The number of aliphatic hydroxyl groups is 1. The summed E-state index contributed by atoms with van der Waals surface area (Å²) in [6, 6.07) is 10.2. The van der Waals surface area contributed by atoms with Gasteiger partial charge >= 0.3 is 0 Å². The molecule has 0 aliphatic carbocycles. The zero-order chi connectivity index (χ0) is 15.7. The summed E-state index contributed by atoms with van der Waals surface area (Å²) in [5.74, 6) is 1.37. The maximum absolute atomic E-state index is 11.8. The van der Waals surface area contributed by atoms with E-state index in [-0.39, 0.29) is 5.91 Å². The molecular weight excluding hydrogens is 282 g/mol. The zero-order valence-corrected chi connectivity index (χ0v) is 14.1. The Bertz CT molecular complexity index is 418. The van der Waals surface area contributed by atoms with Crippen LogP contribution in [-0.2, 0) is 4.79 Å². The summed E-state index contributed by atoms with van der Waals surface area (Å²) >= 11 is 1.77. The van der Waals surface area contributed by atoms with E-state index in [1.54, 1.807) is 18.7 Å². The minimum absolute atomic E-state index is 0.0210. The number of benzene rings is 1. The topological polar surface area (TPSA) is 49.3 Å². The highest BCUT2D eigenvalue weighted by molar-refractivity contribution is 7.99. The van der Waals surface area contributed by atoms with Gasteiger partial charge in [-0.1, -0.05) is 32.0 Å². The molecule has 0 heterocycles. The molecule has 0 saturated carbocycles. The van der Waals surface area contributed by atoms with E-state index in [9.17, 15) is 9.90 Å². The lowest BCUT2D eigenvalue weighted by Gasteiger charge is -2.25. The molecule has 0 bridgehead atoms. The van der Waals surface area contributed by atoms with Crippen LogP contribution in [0.4, 0.5) is 0 Å². The molecule has 3 nitrogen and oxygen atoms in total. The molecule has 21 heavy (non-hydrogen) atoms. The van der Waals surface area contributed by atoms with Crippen molar-refractivity contribution in [3.05, 3.63) is 30.3 Å². The van der Waals surface area contributed by atoms with Gasteiger partial charge in [-0.3, -0.25) is 4.79 Å². The van der Waals surface area contributed by atoms with Gasteiger partial charge in [0.25, 0.3) is 0 Å². The molecule has 0 radical (unpaired) electrons. The summed E-state index contributed by atoms with van der Waals surface area (Å²) in [6.45, 7) is 6.24. The molecule has 0 saturated heterocycles. The van der Waals surface area contributed by atoms with Crippen molar-refractivity contribution in [2.45, 2.75) is 50.5 Å². The van der Waals surface area contributed by atoms with Gasteiger partial charge in [0, 0.05) is 17.9 Å². The van der Waals surface area contributed by atoms with Crippen molar-refractivity contribution in [3.63, 3.8) is 0 Å². The highest BCUT2D eigenvalue weighted by atomic mass is 32.2. The molecule has 118 valence electrons. The molecule has 4 heteroatoms. The Kier molecular flexibility index (Phi) is 7.83. The SMILES string of the molecule is CC(C)CC(C)(O)CNC(=O)CCCSc1ccccc1. The van der Waals surface area contributed by atoms with Crippen LogP contribution in [0.2, 0.25) is 0 Å². The fourth-order valence-electron chi connectivity index (χ4n) is 2.27. The van der Waals surface area contributed by atoms with Crippen LogP contribution in [-0.4, -0.2) is 28.9 Å². The van der Waals surface area contributed by atoms with E-state index >= 15 is 0 Å². The van der Waals surface area contributed by atoms with Gasteiger partial charge in [0.05, 0.1) is 5.60 Å². The summed E-state index contributed by atoms with van der Waals surface area (Å²) in [6.07, 6.45) is 2.05. The minimum Gasteiger partial charge on any atom is -0.388 e. The minimum atomic E-state index is -0.817. The number of carbonyl (C=O) groups excluding carboxylic acids is 1. The number of thioether (sulfide) groups is 1. The van der Waals surface area contributed by atoms with Crippen molar-refractivity contribution in [1.82, 2.24) is 5.32 Å². The van der Waals surface area contributed by atoms with E-state index in [4.69, 9.17) is 0 Å². The van der Waals surface area contributed by atoms with Crippen LogP contribution >= 0.6 is 11.8 Å². The van der Waals surface area contributed by atoms with Crippen LogP contribution in [0, 0.1) is 5.92 Å². The zero-order valence-electron chi connectivity index (χ0n) is 13.3. The number of hydrogen-bond acceptors (Lipinski definition) is 3. The summed E-state index contributed by atoms with van der Waals surface area (Å²) in [4.78, 5) is 13.0. The van der Waals surface area contributed by atoms with E-state index in [0.29, 0.717) is 25.3 Å². The van der Waals surface area contributed by atoms with Crippen molar-refractivity contribution in [2.24, 2.45) is 5.92 Å². The summed E-state index contributed by atoms with van der Waals surface area (Å²) in [5.41, 5.74) is -0.817. The van der Waals surface area contributed by atoms with Gasteiger partial charge in [-0.15, -0.1) is 11.8 Å². The quantitative estimate of drug-likeness (QED) is 0.542. The van der Waals surface area contributed by atoms with Crippen molar-refractivity contribution in [1.29, 1.82) is 0 Å². The molecule has 0 aromatic heterocycles. The summed E-state index contributed by atoms with van der Waals surface area (Å²) in [7, 11) is 0. The maximum atomic E-state index is 11.8. The first-order chi connectivity index (χ1) is 9.89. The van der Waals surface area contributed by atoms with Crippen LogP contribution in [0.15, 0.2) is 35.2 Å². The van der Waals surface area contributed by atoms with Gasteiger partial charge in [-0.25, -0.2) is 0 Å². The van der Waals surface area contributed by atoms with Crippen molar-refractivity contribution < 1.29 is 9.90 Å². The first-order valence-corrected chi connectivity index (χ1v) is 8.54. The molecule has 0 aliphatic heterocycles. The fourth-order valence-corrected chi connectivity index (χ4v) is 3.14. The third-order valence-electron chi connectivity index (χ3n) is 3.07. The van der Waals surface area contributed by atoms with Gasteiger partial charge in [-0.05, 0) is 43.6 Å². The number of nitrogens with one attached hydrogen (secondary N) is 1. The third-order valence-corrected chi connectivity index (χ3v) is 4.17. The largest absolute Gasteiger partial charge is 0.388 e. The number of carbonyl (C=O) groups is 1. The smallest absolute Gasteiger partial charge is 0.220 e. The van der Waals surface area contributed by atoms with Crippen molar-refractivity contribution in [2.75, 3.05) is 12.3 Å². The Labute approximate surface area is 132 Å². The number of hydrogen-bond donors (Lipinski definition) is 2. The molecule has 1 unspecified atom stereocenters. The lowest BCUT2D eigenvalue weighted by molar-refractivity contribution is -0.122. The fraction of sp³-hybridized carbons (Fsp3) is 0.588. The van der Waals surface area contributed by atoms with Crippen LogP contribution in [0.3, 0.4) is 0 Å². The van der Waals surface area contributed by atoms with Crippen LogP contribution in [0.25, 0.3) is 0 Å². The lowest BCUT2D eigenvalue weighted by Crippen LogP contribution is -2.41. The molecule has 0 aliphatic rings. The maximum Gasteiger partial charge on any atom is 0.220 e. The predicted molar refractivity (Wildman–Crippen MR) is 89.5 cm³/mol. The second kappa shape index (κ2) is 9.11. The Balaban J connectivity index is 2.14. The van der Waals surface area contributed by atoms with E-state index in [2.05, 4.69) is 31.3 Å². The average molecular weight is 309 g/mol. The van der Waals surface area contributed by atoms with Gasteiger partial charge in [-0.2, -0.15) is 0 Å². The molecule has 1 aromatic carbocycles. The molecule has 0 spiro atoms. The standard InChI is InChI=1S/C17H27NO2S/c1-14(2)12-17(3,20)13-18-16(19)10-7-11-21-15-8-5-4-6-9-15/h4-6,8-9,14,20H,7,10-13H2,1-3H3,(H,18,19). The third kappa shape index (κ3) is 8.79. The van der Waals surface area contributed by atoms with E-state index in [0.717, 1.165) is 12.2 Å². The molecule has 1 amide bonds.